The summed E-state index contributed by atoms with van der Waals surface area (Å²) in [6, 6.07) is 4.79. The first kappa shape index (κ1) is 16.8. The van der Waals surface area contributed by atoms with E-state index in [1.165, 1.54) is 28.6 Å². The first-order valence-electron chi connectivity index (χ1n) is 6.93. The highest BCUT2D eigenvalue weighted by Crippen LogP contribution is 2.23. The Labute approximate surface area is 129 Å². The van der Waals surface area contributed by atoms with E-state index in [2.05, 4.69) is 5.32 Å². The molecule has 0 aliphatic carbocycles. The first-order valence-corrected chi connectivity index (χ1v) is 8.37. The number of sulfonamides is 1. The van der Waals surface area contributed by atoms with Crippen molar-refractivity contribution in [3.05, 3.63) is 34.4 Å². The Balaban J connectivity index is 2.24. The van der Waals surface area contributed by atoms with E-state index in [0.717, 1.165) is 0 Å². The Morgan fingerprint density at radius 1 is 1.41 bits per heavy atom. The summed E-state index contributed by atoms with van der Waals surface area (Å²) in [5.74, 6) is 0. The van der Waals surface area contributed by atoms with Crippen LogP contribution in [0.15, 0.2) is 29.2 Å². The fourth-order valence-electron chi connectivity index (χ4n) is 2.43. The van der Waals surface area contributed by atoms with Crippen LogP contribution in [0, 0.1) is 10.1 Å². The summed E-state index contributed by atoms with van der Waals surface area (Å²) in [6.07, 6.45) is 0.593. The number of hydrogen-bond donors (Lipinski definition) is 1. The van der Waals surface area contributed by atoms with Gasteiger partial charge in [-0.25, -0.2) is 8.42 Å². The Kier molecular flexibility index (Phi) is 5.46. The zero-order valence-electron chi connectivity index (χ0n) is 12.3. The minimum absolute atomic E-state index is 0.0717. The van der Waals surface area contributed by atoms with Crippen LogP contribution in [0.1, 0.15) is 6.42 Å². The molecule has 1 aromatic carbocycles. The molecule has 0 aromatic heterocycles. The van der Waals surface area contributed by atoms with Gasteiger partial charge in [0.25, 0.3) is 5.69 Å². The lowest BCUT2D eigenvalue weighted by Gasteiger charge is -2.35. The van der Waals surface area contributed by atoms with Crippen LogP contribution in [0.25, 0.3) is 0 Å². The molecule has 1 N–H and O–H groups in total. The Hall–Kier alpha value is -1.55. The van der Waals surface area contributed by atoms with Crippen LogP contribution in [0.4, 0.5) is 5.69 Å². The largest absolute Gasteiger partial charge is 0.385 e. The van der Waals surface area contributed by atoms with E-state index >= 15 is 0 Å². The maximum absolute atomic E-state index is 12.7. The Bertz CT molecular complexity index is 617. The van der Waals surface area contributed by atoms with E-state index in [-0.39, 0.29) is 16.6 Å². The minimum Gasteiger partial charge on any atom is -0.385 e. The van der Waals surface area contributed by atoms with Gasteiger partial charge in [-0.2, -0.15) is 4.31 Å². The average molecular weight is 329 g/mol. The van der Waals surface area contributed by atoms with Crippen LogP contribution in [-0.4, -0.2) is 57.0 Å². The van der Waals surface area contributed by atoms with Gasteiger partial charge in [-0.3, -0.25) is 10.1 Å². The monoisotopic (exact) mass is 329 g/mol. The maximum Gasteiger partial charge on any atom is 0.269 e. The molecule has 1 aliphatic heterocycles. The zero-order valence-corrected chi connectivity index (χ0v) is 13.1. The smallest absolute Gasteiger partial charge is 0.269 e. The van der Waals surface area contributed by atoms with Gasteiger partial charge < -0.3 is 10.1 Å². The molecule has 1 heterocycles. The molecule has 1 fully saturated rings. The number of nitro groups is 1. The Morgan fingerprint density at radius 3 is 2.68 bits per heavy atom. The highest BCUT2D eigenvalue weighted by atomic mass is 32.2. The first-order chi connectivity index (χ1) is 10.5. The summed E-state index contributed by atoms with van der Waals surface area (Å²) in [5.41, 5.74) is -0.129. The zero-order chi connectivity index (χ0) is 16.2. The van der Waals surface area contributed by atoms with Crippen molar-refractivity contribution in [3.8, 4) is 0 Å². The SMILES string of the molecule is COCCC1CNCCN1S(=O)(=O)c1ccc([N+](=O)[O-])cc1. The summed E-state index contributed by atoms with van der Waals surface area (Å²) in [5, 5.41) is 13.8. The predicted octanol–water partition coefficient (Wildman–Crippen LogP) is 0.594. The lowest BCUT2D eigenvalue weighted by atomic mass is 10.2. The van der Waals surface area contributed by atoms with Crippen LogP contribution >= 0.6 is 0 Å². The van der Waals surface area contributed by atoms with Gasteiger partial charge in [0.2, 0.25) is 10.0 Å². The van der Waals surface area contributed by atoms with Crippen LogP contribution in [0.3, 0.4) is 0 Å². The van der Waals surface area contributed by atoms with Gasteiger partial charge in [0.15, 0.2) is 0 Å². The molecular formula is C13H19N3O5S. The molecule has 1 unspecified atom stereocenters. The van der Waals surface area contributed by atoms with Crippen molar-refractivity contribution in [3.63, 3.8) is 0 Å². The van der Waals surface area contributed by atoms with E-state index < -0.39 is 14.9 Å². The van der Waals surface area contributed by atoms with E-state index in [1.807, 2.05) is 0 Å². The second kappa shape index (κ2) is 7.14. The van der Waals surface area contributed by atoms with Crippen molar-refractivity contribution in [1.82, 2.24) is 9.62 Å². The second-order valence-electron chi connectivity index (χ2n) is 5.01. The number of rotatable bonds is 6. The van der Waals surface area contributed by atoms with Gasteiger partial charge >= 0.3 is 0 Å². The number of nitro benzene ring substituents is 1. The number of non-ortho nitro benzene ring substituents is 1. The number of nitrogens with zero attached hydrogens (tertiary/aromatic N) is 2. The lowest BCUT2D eigenvalue weighted by molar-refractivity contribution is -0.384. The molecule has 1 aliphatic rings. The Morgan fingerprint density at radius 2 is 2.09 bits per heavy atom. The van der Waals surface area contributed by atoms with Crippen molar-refractivity contribution in [1.29, 1.82) is 0 Å². The number of hydrogen-bond acceptors (Lipinski definition) is 6. The molecule has 0 spiro atoms. The molecule has 9 heteroatoms. The lowest BCUT2D eigenvalue weighted by Crippen LogP contribution is -2.53. The third kappa shape index (κ3) is 3.61. The van der Waals surface area contributed by atoms with Crippen LogP contribution in [0.2, 0.25) is 0 Å². The van der Waals surface area contributed by atoms with Gasteiger partial charge in [-0.05, 0) is 18.6 Å². The number of benzene rings is 1. The maximum atomic E-state index is 12.7. The predicted molar refractivity (Wildman–Crippen MR) is 80.1 cm³/mol. The van der Waals surface area contributed by atoms with Crippen LogP contribution < -0.4 is 5.32 Å². The van der Waals surface area contributed by atoms with E-state index in [1.54, 1.807) is 7.11 Å². The number of piperazine rings is 1. The van der Waals surface area contributed by atoms with Gasteiger partial charge in [0, 0.05) is 51.5 Å². The molecule has 22 heavy (non-hydrogen) atoms. The van der Waals surface area contributed by atoms with Crippen LogP contribution in [0.5, 0.6) is 0 Å². The van der Waals surface area contributed by atoms with Crippen LogP contribution in [-0.2, 0) is 14.8 Å². The standard InChI is InChI=1S/C13H19N3O5S/c1-21-9-6-12-10-14-7-8-15(12)22(19,20)13-4-2-11(3-5-13)16(17)18/h2-5,12,14H,6-10H2,1H3. The van der Waals surface area contributed by atoms with E-state index in [4.69, 9.17) is 4.74 Å². The fraction of sp³-hybridized carbons (Fsp3) is 0.538. The number of ether oxygens (including phenoxy) is 1. The summed E-state index contributed by atoms with van der Waals surface area (Å²) < 4.78 is 31.9. The molecule has 0 amide bonds. The normalized spacial score (nSPS) is 20.0. The fourth-order valence-corrected chi connectivity index (χ4v) is 4.09. The molecule has 122 valence electrons. The summed E-state index contributed by atoms with van der Waals surface area (Å²) >= 11 is 0. The molecule has 0 bridgehead atoms. The van der Waals surface area contributed by atoms with Gasteiger partial charge in [0.1, 0.15) is 0 Å². The third-order valence-electron chi connectivity index (χ3n) is 3.61. The van der Waals surface area contributed by atoms with E-state index in [9.17, 15) is 18.5 Å². The van der Waals surface area contributed by atoms with Crippen molar-refractivity contribution in [2.45, 2.75) is 17.4 Å². The minimum atomic E-state index is -3.67. The molecule has 2 rings (SSSR count). The number of nitrogens with one attached hydrogen (secondary N) is 1. The highest BCUT2D eigenvalue weighted by molar-refractivity contribution is 7.89. The molecule has 1 aromatic rings. The summed E-state index contributed by atoms with van der Waals surface area (Å²) in [6.45, 7) is 1.98. The van der Waals surface area contributed by atoms with Gasteiger partial charge in [0.05, 0.1) is 9.82 Å². The topological polar surface area (TPSA) is 102 Å². The van der Waals surface area contributed by atoms with Crippen molar-refractivity contribution in [2.24, 2.45) is 0 Å². The molecule has 0 radical (unpaired) electrons. The highest BCUT2D eigenvalue weighted by Gasteiger charge is 2.33. The molecule has 0 saturated carbocycles. The van der Waals surface area contributed by atoms with Gasteiger partial charge in [-0.1, -0.05) is 0 Å². The number of methoxy groups -OCH3 is 1. The molecular weight excluding hydrogens is 310 g/mol. The summed E-state index contributed by atoms with van der Waals surface area (Å²) in [4.78, 5) is 10.2. The molecule has 1 atom stereocenters. The quantitative estimate of drug-likeness (QED) is 0.605. The second-order valence-corrected chi connectivity index (χ2v) is 6.90. The van der Waals surface area contributed by atoms with Crippen molar-refractivity contribution < 1.29 is 18.1 Å². The summed E-state index contributed by atoms with van der Waals surface area (Å²) in [7, 11) is -2.09. The molecule has 1 saturated heterocycles. The van der Waals surface area contributed by atoms with Crippen molar-refractivity contribution in [2.75, 3.05) is 33.4 Å². The van der Waals surface area contributed by atoms with Gasteiger partial charge in [-0.15, -0.1) is 0 Å². The average Bonchev–Trinajstić information content (AvgIpc) is 2.53. The van der Waals surface area contributed by atoms with E-state index in [0.29, 0.717) is 32.7 Å². The third-order valence-corrected chi connectivity index (χ3v) is 5.57. The molecule has 8 nitrogen and oxygen atoms in total. The van der Waals surface area contributed by atoms with Crippen molar-refractivity contribution >= 4 is 15.7 Å².